The lowest BCUT2D eigenvalue weighted by Gasteiger charge is -2.18. The molecule has 19 heavy (non-hydrogen) atoms. The van der Waals surface area contributed by atoms with Gasteiger partial charge >= 0.3 is 0 Å². The molecule has 1 aliphatic heterocycles. The predicted molar refractivity (Wildman–Crippen MR) is 75.4 cm³/mol. The van der Waals surface area contributed by atoms with Gasteiger partial charge in [0.15, 0.2) is 6.61 Å². The van der Waals surface area contributed by atoms with Crippen molar-refractivity contribution in [3.8, 4) is 5.75 Å². The van der Waals surface area contributed by atoms with Crippen molar-refractivity contribution in [2.75, 3.05) is 11.9 Å². The van der Waals surface area contributed by atoms with Gasteiger partial charge in [-0.3, -0.25) is 4.79 Å². The third-order valence-corrected chi connectivity index (χ3v) is 3.65. The fourth-order valence-electron chi connectivity index (χ4n) is 1.98. The van der Waals surface area contributed by atoms with Gasteiger partial charge in [0.1, 0.15) is 5.75 Å². The molecule has 4 nitrogen and oxygen atoms in total. The standard InChI is InChI=1S/C14H14N2O2S/c17-14-8-18-13-2-1-10(5-12(13)16-14)6-15-7-11-3-4-19-9-11/h1-5,9,15H,6-8H2,(H,16,17). The second-order valence-corrected chi connectivity index (χ2v) is 5.18. The lowest BCUT2D eigenvalue weighted by atomic mass is 10.1. The lowest BCUT2D eigenvalue weighted by molar-refractivity contribution is -0.118. The Balaban J connectivity index is 1.62. The Morgan fingerprint density at radius 3 is 3.00 bits per heavy atom. The first-order valence-electron chi connectivity index (χ1n) is 6.08. The molecule has 0 radical (unpaired) electrons. The third kappa shape index (κ3) is 2.94. The first kappa shape index (κ1) is 12.2. The van der Waals surface area contributed by atoms with Crippen molar-refractivity contribution < 1.29 is 9.53 Å². The van der Waals surface area contributed by atoms with Gasteiger partial charge in [0.25, 0.3) is 5.91 Å². The minimum absolute atomic E-state index is 0.1000. The molecule has 0 bridgehead atoms. The van der Waals surface area contributed by atoms with E-state index < -0.39 is 0 Å². The number of hydrogen-bond acceptors (Lipinski definition) is 4. The van der Waals surface area contributed by atoms with Crippen LogP contribution in [0.15, 0.2) is 35.0 Å². The number of benzene rings is 1. The molecule has 1 aromatic heterocycles. The minimum Gasteiger partial charge on any atom is -0.482 e. The second-order valence-electron chi connectivity index (χ2n) is 4.40. The monoisotopic (exact) mass is 274 g/mol. The Bertz CT molecular complexity index is 581. The maximum Gasteiger partial charge on any atom is 0.262 e. The summed E-state index contributed by atoms with van der Waals surface area (Å²) in [6, 6.07) is 7.97. The van der Waals surface area contributed by atoms with E-state index in [1.165, 1.54) is 5.56 Å². The van der Waals surface area contributed by atoms with Crippen molar-refractivity contribution in [1.29, 1.82) is 0 Å². The molecule has 1 aromatic carbocycles. The summed E-state index contributed by atoms with van der Waals surface area (Å²) in [6.45, 7) is 1.71. The number of thiophene rings is 1. The SMILES string of the molecule is O=C1COc2ccc(CNCc3ccsc3)cc2N1. The van der Waals surface area contributed by atoms with Crippen LogP contribution in [-0.2, 0) is 17.9 Å². The molecule has 1 amide bonds. The fourth-order valence-corrected chi connectivity index (χ4v) is 2.65. The lowest BCUT2D eigenvalue weighted by Crippen LogP contribution is -2.25. The van der Waals surface area contributed by atoms with Crippen molar-refractivity contribution in [2.24, 2.45) is 0 Å². The zero-order chi connectivity index (χ0) is 13.1. The maximum absolute atomic E-state index is 11.3. The van der Waals surface area contributed by atoms with E-state index in [-0.39, 0.29) is 12.5 Å². The first-order valence-corrected chi connectivity index (χ1v) is 7.03. The van der Waals surface area contributed by atoms with E-state index in [9.17, 15) is 4.79 Å². The van der Waals surface area contributed by atoms with Crippen LogP contribution in [0.1, 0.15) is 11.1 Å². The number of hydrogen-bond donors (Lipinski definition) is 2. The molecule has 0 fully saturated rings. The van der Waals surface area contributed by atoms with E-state index >= 15 is 0 Å². The van der Waals surface area contributed by atoms with Crippen molar-refractivity contribution in [2.45, 2.75) is 13.1 Å². The summed E-state index contributed by atoms with van der Waals surface area (Å²) in [5.74, 6) is 0.636. The van der Waals surface area contributed by atoms with Gasteiger partial charge in [-0.05, 0) is 40.1 Å². The van der Waals surface area contributed by atoms with Crippen LogP contribution in [-0.4, -0.2) is 12.5 Å². The molecule has 5 heteroatoms. The maximum atomic E-state index is 11.3. The summed E-state index contributed by atoms with van der Waals surface area (Å²) in [6.07, 6.45) is 0. The molecule has 2 heterocycles. The Labute approximate surface area is 115 Å². The second kappa shape index (κ2) is 5.42. The molecule has 0 spiro atoms. The quantitative estimate of drug-likeness (QED) is 0.900. The number of ether oxygens (including phenoxy) is 1. The zero-order valence-electron chi connectivity index (χ0n) is 10.3. The minimum atomic E-state index is -0.101. The number of fused-ring (bicyclic) bond motifs is 1. The summed E-state index contributed by atoms with van der Waals surface area (Å²) >= 11 is 1.70. The molecule has 0 atom stereocenters. The van der Waals surface area contributed by atoms with Crippen molar-refractivity contribution in [3.05, 3.63) is 46.2 Å². The number of carbonyl (C=O) groups is 1. The van der Waals surface area contributed by atoms with E-state index in [1.54, 1.807) is 11.3 Å². The normalized spacial score (nSPS) is 13.6. The van der Waals surface area contributed by atoms with Crippen LogP contribution in [0.5, 0.6) is 5.75 Å². The summed E-state index contributed by atoms with van der Waals surface area (Å²) in [5.41, 5.74) is 3.17. The molecule has 0 saturated carbocycles. The van der Waals surface area contributed by atoms with Crippen LogP contribution in [0, 0.1) is 0 Å². The Morgan fingerprint density at radius 2 is 2.16 bits per heavy atom. The van der Waals surface area contributed by atoms with E-state index in [1.807, 2.05) is 18.2 Å². The highest BCUT2D eigenvalue weighted by atomic mass is 32.1. The Morgan fingerprint density at radius 1 is 1.26 bits per heavy atom. The number of carbonyl (C=O) groups excluding carboxylic acids is 1. The zero-order valence-corrected chi connectivity index (χ0v) is 11.1. The smallest absolute Gasteiger partial charge is 0.262 e. The van der Waals surface area contributed by atoms with Crippen molar-refractivity contribution in [1.82, 2.24) is 5.32 Å². The van der Waals surface area contributed by atoms with Gasteiger partial charge in [-0.15, -0.1) is 0 Å². The van der Waals surface area contributed by atoms with Crippen LogP contribution in [0.4, 0.5) is 5.69 Å². The molecule has 3 rings (SSSR count). The highest BCUT2D eigenvalue weighted by Crippen LogP contribution is 2.28. The van der Waals surface area contributed by atoms with E-state index in [2.05, 4.69) is 27.5 Å². The Hall–Kier alpha value is -1.85. The van der Waals surface area contributed by atoms with E-state index in [0.717, 1.165) is 30.1 Å². The number of amides is 1. The molecule has 1 aliphatic rings. The van der Waals surface area contributed by atoms with Gasteiger partial charge in [-0.25, -0.2) is 0 Å². The van der Waals surface area contributed by atoms with Gasteiger partial charge in [-0.1, -0.05) is 6.07 Å². The summed E-state index contributed by atoms with van der Waals surface area (Å²) < 4.78 is 5.32. The molecule has 0 aliphatic carbocycles. The van der Waals surface area contributed by atoms with Crippen LogP contribution < -0.4 is 15.4 Å². The van der Waals surface area contributed by atoms with Crippen molar-refractivity contribution in [3.63, 3.8) is 0 Å². The average molecular weight is 274 g/mol. The molecule has 0 saturated heterocycles. The topological polar surface area (TPSA) is 50.4 Å². The molecule has 98 valence electrons. The van der Waals surface area contributed by atoms with Crippen LogP contribution in [0.2, 0.25) is 0 Å². The molecule has 0 unspecified atom stereocenters. The average Bonchev–Trinajstić information content (AvgIpc) is 2.91. The Kier molecular flexibility index (Phi) is 3.48. The number of rotatable bonds is 4. The first-order chi connectivity index (χ1) is 9.31. The van der Waals surface area contributed by atoms with Gasteiger partial charge < -0.3 is 15.4 Å². The van der Waals surface area contributed by atoms with Gasteiger partial charge in [0.2, 0.25) is 0 Å². The number of anilines is 1. The molecular formula is C14H14N2O2S. The van der Waals surface area contributed by atoms with E-state index in [4.69, 9.17) is 4.74 Å². The van der Waals surface area contributed by atoms with Crippen LogP contribution in [0.3, 0.4) is 0 Å². The fraction of sp³-hybridized carbons (Fsp3) is 0.214. The highest BCUT2D eigenvalue weighted by molar-refractivity contribution is 7.07. The van der Waals surface area contributed by atoms with E-state index in [0.29, 0.717) is 0 Å². The molecule has 2 N–H and O–H groups in total. The van der Waals surface area contributed by atoms with Gasteiger partial charge in [-0.2, -0.15) is 11.3 Å². The third-order valence-electron chi connectivity index (χ3n) is 2.92. The largest absolute Gasteiger partial charge is 0.482 e. The highest BCUT2D eigenvalue weighted by Gasteiger charge is 2.15. The predicted octanol–water partition coefficient (Wildman–Crippen LogP) is 2.37. The van der Waals surface area contributed by atoms with Crippen LogP contribution >= 0.6 is 11.3 Å². The summed E-state index contributed by atoms with van der Waals surface area (Å²) in [4.78, 5) is 11.3. The van der Waals surface area contributed by atoms with Crippen LogP contribution in [0.25, 0.3) is 0 Å². The van der Waals surface area contributed by atoms with Gasteiger partial charge in [0.05, 0.1) is 5.69 Å². The molecule has 2 aromatic rings. The van der Waals surface area contributed by atoms with Crippen molar-refractivity contribution >= 4 is 22.9 Å². The number of nitrogens with one attached hydrogen (secondary N) is 2. The molecular weight excluding hydrogens is 260 g/mol. The summed E-state index contributed by atoms with van der Waals surface area (Å²) in [5, 5.41) is 10.4. The van der Waals surface area contributed by atoms with Gasteiger partial charge in [0, 0.05) is 13.1 Å². The summed E-state index contributed by atoms with van der Waals surface area (Å²) in [7, 11) is 0.